The van der Waals surface area contributed by atoms with Crippen LogP contribution in [0, 0.1) is 159 Å². The minimum atomic E-state index is 0.418. The molecule has 8 N–H and O–H groups in total. The van der Waals surface area contributed by atoms with Gasteiger partial charge in [-0.3, -0.25) is 0 Å². The van der Waals surface area contributed by atoms with Crippen LogP contribution in [0.1, 0.15) is 73.7 Å². The quantitative estimate of drug-likeness (QED) is 0.00976. The van der Waals surface area contributed by atoms with Gasteiger partial charge in [0, 0.05) is 83.8 Å². The molecule has 127 heavy (non-hydrogen) atoms. The van der Waals surface area contributed by atoms with Crippen LogP contribution in [-0.2, 0) is 29.0 Å². The Kier molecular flexibility index (Phi) is 30.0. The van der Waals surface area contributed by atoms with Crippen molar-refractivity contribution in [2.75, 3.05) is 133 Å². The third kappa shape index (κ3) is 20.9. The highest BCUT2D eigenvalue weighted by Crippen LogP contribution is 2.56. The summed E-state index contributed by atoms with van der Waals surface area (Å²) in [5.41, 5.74) is 20.8. The molecule has 7 aliphatic carbocycles. The molecule has 7 aliphatic heterocycles. The molecule has 8 aromatic rings. The van der Waals surface area contributed by atoms with E-state index in [-0.39, 0.29) is 0 Å². The van der Waals surface area contributed by atoms with E-state index in [1.165, 1.54) is 33.0 Å². The maximum absolute atomic E-state index is 9.24. The zero-order chi connectivity index (χ0) is 88.5. The van der Waals surface area contributed by atoms with Crippen LogP contribution in [0.5, 0.6) is 0 Å². The SMILES string of the molecule is C=CCON=C(c1ccc(C)c(Cl)c1)C1C2CNCC21.CCON=C(c1ccc(C)c(Cl)c1)C1C2CNCC21.CON=C(c1ccc(C)c(Cl)c1)C1C2CNCC21.CON=C(c1ccc(C)cc1)C1C2CNCC21.CON=C(c1ccc2ccccc2c1)C1C2CNCC21.CON=C(c1ccccc1)C1C2CNCC21.Cc1cc(C(=NO)C2C3CNCC32)ccc1Cl. The number of oxime groups is 7. The van der Waals surface area contributed by atoms with Crippen molar-refractivity contribution in [2.24, 2.45) is 160 Å². The van der Waals surface area contributed by atoms with E-state index in [9.17, 15) is 5.21 Å². The molecule has 22 rings (SSSR count). The second kappa shape index (κ2) is 41.8. The number of nitrogens with one attached hydrogen (secondary N) is 7. The Labute approximate surface area is 768 Å². The maximum Gasteiger partial charge on any atom is 0.135 e. The largest absolute Gasteiger partial charge is 0.411 e. The minimum Gasteiger partial charge on any atom is -0.411 e. The predicted molar refractivity (Wildman–Crippen MR) is 513 cm³/mol. The van der Waals surface area contributed by atoms with Gasteiger partial charge >= 0.3 is 0 Å². The third-order valence-corrected chi connectivity index (χ3v) is 30.3. The average molecular weight is 1800 g/mol. The van der Waals surface area contributed by atoms with Gasteiger partial charge in [0.05, 0.1) is 40.0 Å². The van der Waals surface area contributed by atoms with E-state index in [0.29, 0.717) is 78.3 Å². The van der Waals surface area contributed by atoms with Crippen LogP contribution in [0.3, 0.4) is 0 Å². The van der Waals surface area contributed by atoms with Crippen molar-refractivity contribution in [3.8, 4) is 0 Å². The highest BCUT2D eigenvalue weighted by molar-refractivity contribution is 6.33. The average Bonchev–Trinajstić information content (AvgIpc) is 1.62. The molecule has 8 aromatic carbocycles. The summed E-state index contributed by atoms with van der Waals surface area (Å²) in [6, 6.07) is 58.1. The van der Waals surface area contributed by atoms with Crippen molar-refractivity contribution in [3.63, 3.8) is 0 Å². The van der Waals surface area contributed by atoms with Gasteiger partial charge in [0.1, 0.15) is 41.7 Å². The fraction of sp³-hybridized carbons (Fsp3) is 0.461. The van der Waals surface area contributed by atoms with E-state index in [0.717, 1.165) is 255 Å². The Morgan fingerprint density at radius 1 is 0.315 bits per heavy atom. The van der Waals surface area contributed by atoms with Crippen LogP contribution in [-0.4, -0.2) is 178 Å². The van der Waals surface area contributed by atoms with Gasteiger partial charge < -0.3 is 71.5 Å². The molecule has 14 unspecified atom stereocenters. The van der Waals surface area contributed by atoms with E-state index in [1.54, 1.807) is 34.5 Å². The Hall–Kier alpha value is -9.07. The summed E-state index contributed by atoms with van der Waals surface area (Å²) >= 11 is 24.7. The molecule has 7 heterocycles. The van der Waals surface area contributed by atoms with Crippen LogP contribution in [0.15, 0.2) is 219 Å². The molecule has 0 bridgehead atoms. The lowest BCUT2D eigenvalue weighted by molar-refractivity contribution is 0.158. The molecule has 0 aromatic heterocycles. The number of fused-ring (bicyclic) bond motifs is 8. The Morgan fingerprint density at radius 3 is 0.929 bits per heavy atom. The third-order valence-electron chi connectivity index (χ3n) is 28.7. The van der Waals surface area contributed by atoms with Crippen LogP contribution in [0.25, 0.3) is 10.8 Å². The molecule has 0 spiro atoms. The summed E-state index contributed by atoms with van der Waals surface area (Å²) in [6.45, 7) is 32.1. The smallest absolute Gasteiger partial charge is 0.135 e. The van der Waals surface area contributed by atoms with Gasteiger partial charge in [-0.25, -0.2) is 0 Å². The first-order valence-electron chi connectivity index (χ1n) is 45.3. The van der Waals surface area contributed by atoms with Crippen LogP contribution >= 0.6 is 46.4 Å². The number of rotatable bonds is 23. The number of benzene rings is 8. The summed E-state index contributed by atoms with van der Waals surface area (Å²) < 4.78 is 0. The first kappa shape index (κ1) is 91.2. The van der Waals surface area contributed by atoms with Gasteiger partial charge in [0.25, 0.3) is 0 Å². The number of nitrogens with zero attached hydrogens (tertiary/aromatic N) is 7. The van der Waals surface area contributed by atoms with E-state index >= 15 is 0 Å². The highest BCUT2D eigenvalue weighted by atomic mass is 35.5. The zero-order valence-corrected chi connectivity index (χ0v) is 77.5. The normalized spacial score (nSPS) is 30.0. The molecule has 7 saturated heterocycles. The van der Waals surface area contributed by atoms with Gasteiger partial charge in [0.15, 0.2) is 0 Å². The van der Waals surface area contributed by atoms with E-state index in [1.807, 2.05) is 89.2 Å². The molecular weight excluding hydrogens is 1680 g/mol. The summed E-state index contributed by atoms with van der Waals surface area (Å²) in [6.07, 6.45) is 1.71. The Morgan fingerprint density at radius 2 is 0.598 bits per heavy atom. The Balaban J connectivity index is 0.000000109. The van der Waals surface area contributed by atoms with E-state index in [4.69, 9.17) is 75.4 Å². The zero-order valence-electron chi connectivity index (χ0n) is 74.4. The lowest BCUT2D eigenvalue weighted by Gasteiger charge is -2.10. The molecule has 0 radical (unpaired) electrons. The van der Waals surface area contributed by atoms with Gasteiger partial charge in [-0.05, 0) is 302 Å². The second-order valence-electron chi connectivity index (χ2n) is 36.3. The van der Waals surface area contributed by atoms with Crippen molar-refractivity contribution in [1.82, 2.24) is 37.2 Å². The second-order valence-corrected chi connectivity index (χ2v) is 37.9. The van der Waals surface area contributed by atoms with Gasteiger partial charge in [0.2, 0.25) is 0 Å². The number of piperidine rings is 7. The molecular formula is C102H122Cl4N14O7. The number of halogens is 4. The first-order chi connectivity index (χ1) is 62.0. The molecule has 670 valence electrons. The van der Waals surface area contributed by atoms with Crippen LogP contribution in [0.4, 0.5) is 0 Å². The lowest BCUT2D eigenvalue weighted by atomic mass is 10.00. The summed E-state index contributed by atoms with van der Waals surface area (Å²) in [5.74, 6) is 13.9. The number of aryl methyl sites for hydroxylation is 5. The fourth-order valence-corrected chi connectivity index (χ4v) is 22.0. The molecule has 0 amide bonds. The molecule has 25 heteroatoms. The van der Waals surface area contributed by atoms with Crippen molar-refractivity contribution in [1.29, 1.82) is 0 Å². The molecule has 21 nitrogen and oxygen atoms in total. The number of hydrogen-bond donors (Lipinski definition) is 8. The maximum atomic E-state index is 9.24. The van der Waals surface area contributed by atoms with E-state index in [2.05, 4.69) is 202 Å². The van der Waals surface area contributed by atoms with Gasteiger partial charge in [-0.2, -0.15) is 0 Å². The molecule has 7 saturated carbocycles. The topological polar surface area (TPSA) is 246 Å². The fourth-order valence-electron chi connectivity index (χ4n) is 21.3. The molecule has 14 atom stereocenters. The van der Waals surface area contributed by atoms with E-state index < -0.39 is 0 Å². The van der Waals surface area contributed by atoms with Gasteiger partial charge in [-0.15, -0.1) is 0 Å². The van der Waals surface area contributed by atoms with Crippen molar-refractivity contribution >= 4 is 97.2 Å². The molecule has 14 aliphatic rings. The number of hydrogen-bond acceptors (Lipinski definition) is 21. The summed E-state index contributed by atoms with van der Waals surface area (Å²) in [4.78, 5) is 30.8. The highest BCUT2D eigenvalue weighted by Gasteiger charge is 2.61. The van der Waals surface area contributed by atoms with Crippen molar-refractivity contribution in [3.05, 3.63) is 269 Å². The summed E-state index contributed by atoms with van der Waals surface area (Å²) in [5, 5.41) is 68.0. The Bertz CT molecular complexity index is 5350. The predicted octanol–water partition coefficient (Wildman–Crippen LogP) is 16.6. The molecule has 14 fully saturated rings. The lowest BCUT2D eigenvalue weighted by Crippen LogP contribution is -2.20. The van der Waals surface area contributed by atoms with Gasteiger partial charge in [-0.1, -0.05) is 234 Å². The van der Waals surface area contributed by atoms with Crippen LogP contribution < -0.4 is 37.2 Å². The minimum absolute atomic E-state index is 0.418. The standard InChI is InChI=1S/C17H18N2O.C16H19ClN2O.C15H19ClN2O.C14H17ClN2O.C14H18N2O.C13H15ClN2O.C13H16N2O/c1-20-19-17(16-14-9-18-10-15(14)16)13-7-6-11-4-2-3-5-12(11)8-13;1-3-6-20-19-16(15-12-8-18-9-13(12)15)11-5-4-10(2)14(17)7-11;1-3-19-18-15(14-11-7-17-8-12(11)14)10-5-4-9(2)13(16)6-10;1-8-3-4-9(5-12(8)15)14(17-18-2)13-10-6-16-7-11(10)13;1-9-3-5-10(6-4-9)14(16-17-2)13-11-7-15-8-12(11)13;1-7-4-8(2-3-11(7)14)13(16-17)12-9-5-15-6-10(9)12;1-16-15-13(9-5-3-2-4-6-9)12-10-7-14-8-11(10)12/h2-8,14-16,18H,9-10H2,1H3;3-5,7,12-13,15,18H,1,6,8-9H2,2H3;4-6,11-12,14,17H,3,7-8H2,1-2H3;3-5,10-11,13,16H,6-7H2,1-2H3;3-6,11-13,15H,7-8H2,1-2H3;2-4,9-10,12,15,17H,5-6H2,1H3;2-6,10-12,14H,7-8H2,1H3. The van der Waals surface area contributed by atoms with Crippen molar-refractivity contribution < 1.29 is 34.2 Å². The first-order valence-corrected chi connectivity index (χ1v) is 46.8. The van der Waals surface area contributed by atoms with Crippen molar-refractivity contribution in [2.45, 2.75) is 41.5 Å². The monoisotopic (exact) mass is 1790 g/mol. The summed E-state index contributed by atoms with van der Waals surface area (Å²) in [7, 11) is 6.49. The van der Waals surface area contributed by atoms with Crippen LogP contribution in [0.2, 0.25) is 20.1 Å².